The minimum atomic E-state index is -0.534. The standard InChI is InChI=1S/C21H21N3O4/c1-3-9-24-17-13-23(12-16-8-5-10-28-16)20(25)18(17)19(22-21(24)26)14-6-4-7-15(11-14)27-2/h3-8,10-11,19H,1,9,12-13H2,2H3,(H,22,26). The summed E-state index contributed by atoms with van der Waals surface area (Å²) in [5.41, 5.74) is 2.07. The van der Waals surface area contributed by atoms with Crippen LogP contribution in [0.5, 0.6) is 5.75 Å². The number of amides is 3. The largest absolute Gasteiger partial charge is 0.497 e. The third-order valence-electron chi connectivity index (χ3n) is 4.96. The summed E-state index contributed by atoms with van der Waals surface area (Å²) in [7, 11) is 1.58. The van der Waals surface area contributed by atoms with E-state index in [9.17, 15) is 9.59 Å². The lowest BCUT2D eigenvalue weighted by Gasteiger charge is -2.33. The van der Waals surface area contributed by atoms with Gasteiger partial charge >= 0.3 is 6.03 Å². The highest BCUT2D eigenvalue weighted by atomic mass is 16.5. The van der Waals surface area contributed by atoms with E-state index in [0.717, 1.165) is 5.56 Å². The van der Waals surface area contributed by atoms with Crippen molar-refractivity contribution in [2.24, 2.45) is 0 Å². The van der Waals surface area contributed by atoms with Crippen LogP contribution in [0, 0.1) is 0 Å². The van der Waals surface area contributed by atoms with Crippen LogP contribution < -0.4 is 10.1 Å². The Bertz CT molecular complexity index is 948. The molecule has 1 unspecified atom stereocenters. The van der Waals surface area contributed by atoms with Gasteiger partial charge in [-0.25, -0.2) is 4.79 Å². The maximum atomic E-state index is 13.3. The average molecular weight is 379 g/mol. The minimum absolute atomic E-state index is 0.117. The molecule has 7 nitrogen and oxygen atoms in total. The molecule has 2 aliphatic rings. The lowest BCUT2D eigenvalue weighted by atomic mass is 9.95. The molecule has 1 atom stereocenters. The summed E-state index contributed by atoms with van der Waals surface area (Å²) in [6, 6.07) is 10.2. The third kappa shape index (κ3) is 3.05. The number of furan rings is 1. The zero-order chi connectivity index (χ0) is 19.7. The van der Waals surface area contributed by atoms with Crippen molar-refractivity contribution >= 4 is 11.9 Å². The Balaban J connectivity index is 1.73. The Labute approximate surface area is 162 Å². The molecule has 0 saturated heterocycles. The van der Waals surface area contributed by atoms with Gasteiger partial charge in [0.1, 0.15) is 11.5 Å². The van der Waals surface area contributed by atoms with E-state index in [1.54, 1.807) is 35.3 Å². The number of nitrogens with zero attached hydrogens (tertiary/aromatic N) is 2. The van der Waals surface area contributed by atoms with Gasteiger partial charge in [0.2, 0.25) is 0 Å². The molecule has 0 bridgehead atoms. The fraction of sp³-hybridized carbons (Fsp3) is 0.238. The molecule has 0 radical (unpaired) electrons. The highest BCUT2D eigenvalue weighted by molar-refractivity contribution is 6.01. The van der Waals surface area contributed by atoms with Gasteiger partial charge in [-0.3, -0.25) is 9.69 Å². The average Bonchev–Trinajstić information content (AvgIpc) is 3.33. The number of carbonyl (C=O) groups is 2. The molecule has 1 aromatic heterocycles. The molecule has 3 amide bonds. The number of benzene rings is 1. The van der Waals surface area contributed by atoms with Gasteiger partial charge in [-0.15, -0.1) is 6.58 Å². The van der Waals surface area contributed by atoms with Crippen molar-refractivity contribution < 1.29 is 18.7 Å². The number of urea groups is 1. The number of ether oxygens (including phenoxy) is 1. The Hall–Kier alpha value is -3.48. The van der Waals surface area contributed by atoms with Crippen molar-refractivity contribution in [2.45, 2.75) is 12.6 Å². The molecular formula is C21H21N3O4. The monoisotopic (exact) mass is 379 g/mol. The van der Waals surface area contributed by atoms with Crippen molar-refractivity contribution in [1.82, 2.24) is 15.1 Å². The molecule has 0 aliphatic carbocycles. The van der Waals surface area contributed by atoms with E-state index in [4.69, 9.17) is 9.15 Å². The fourth-order valence-electron chi connectivity index (χ4n) is 3.66. The van der Waals surface area contributed by atoms with Gasteiger partial charge in [-0.2, -0.15) is 0 Å². The molecule has 1 N–H and O–H groups in total. The molecule has 1 aromatic carbocycles. The lowest BCUT2D eigenvalue weighted by Crippen LogP contribution is -2.47. The van der Waals surface area contributed by atoms with E-state index < -0.39 is 6.04 Å². The van der Waals surface area contributed by atoms with Crippen molar-refractivity contribution in [3.05, 3.63) is 77.9 Å². The summed E-state index contributed by atoms with van der Waals surface area (Å²) >= 11 is 0. The van der Waals surface area contributed by atoms with Crippen LogP contribution in [-0.2, 0) is 11.3 Å². The van der Waals surface area contributed by atoms with Crippen molar-refractivity contribution in [1.29, 1.82) is 0 Å². The first-order valence-electron chi connectivity index (χ1n) is 9.00. The first-order valence-corrected chi connectivity index (χ1v) is 9.00. The maximum Gasteiger partial charge on any atom is 0.322 e. The number of methoxy groups -OCH3 is 1. The van der Waals surface area contributed by atoms with Crippen LogP contribution >= 0.6 is 0 Å². The topological polar surface area (TPSA) is 75.0 Å². The third-order valence-corrected chi connectivity index (χ3v) is 4.96. The second-order valence-electron chi connectivity index (χ2n) is 6.66. The van der Waals surface area contributed by atoms with Crippen LogP contribution in [-0.4, -0.2) is 41.9 Å². The van der Waals surface area contributed by atoms with E-state index in [-0.39, 0.29) is 11.9 Å². The van der Waals surface area contributed by atoms with Gasteiger partial charge < -0.3 is 19.4 Å². The molecule has 7 heteroatoms. The van der Waals surface area contributed by atoms with Crippen LogP contribution in [0.2, 0.25) is 0 Å². The summed E-state index contributed by atoms with van der Waals surface area (Å²) in [6.07, 6.45) is 3.23. The Kier molecular flexibility index (Phi) is 4.65. The fourth-order valence-corrected chi connectivity index (χ4v) is 3.66. The first-order chi connectivity index (χ1) is 13.6. The lowest BCUT2D eigenvalue weighted by molar-refractivity contribution is -0.126. The SMILES string of the molecule is C=CCN1C(=O)NC(c2cccc(OC)c2)C2=C1CN(Cc1ccco1)C2=O. The van der Waals surface area contributed by atoms with Crippen molar-refractivity contribution in [3.8, 4) is 5.75 Å². The molecule has 144 valence electrons. The molecular weight excluding hydrogens is 358 g/mol. The first kappa shape index (κ1) is 17.9. The van der Waals surface area contributed by atoms with E-state index in [1.807, 2.05) is 30.3 Å². The van der Waals surface area contributed by atoms with Gasteiger partial charge in [0, 0.05) is 6.54 Å². The van der Waals surface area contributed by atoms with E-state index in [2.05, 4.69) is 11.9 Å². The number of hydrogen-bond acceptors (Lipinski definition) is 4. The van der Waals surface area contributed by atoms with Crippen LogP contribution in [0.1, 0.15) is 17.4 Å². The zero-order valence-electron chi connectivity index (χ0n) is 15.6. The zero-order valence-corrected chi connectivity index (χ0v) is 15.6. The van der Waals surface area contributed by atoms with E-state index in [1.165, 1.54) is 0 Å². The highest BCUT2D eigenvalue weighted by Gasteiger charge is 2.43. The summed E-state index contributed by atoms with van der Waals surface area (Å²) in [5.74, 6) is 1.24. The highest BCUT2D eigenvalue weighted by Crippen LogP contribution is 2.37. The normalized spacial score (nSPS) is 19.0. The van der Waals surface area contributed by atoms with Gasteiger partial charge in [-0.05, 0) is 29.8 Å². The van der Waals surface area contributed by atoms with E-state index in [0.29, 0.717) is 42.4 Å². The maximum absolute atomic E-state index is 13.3. The predicted molar refractivity (Wildman–Crippen MR) is 102 cm³/mol. The van der Waals surface area contributed by atoms with Crippen LogP contribution in [0.4, 0.5) is 4.79 Å². The van der Waals surface area contributed by atoms with Gasteiger partial charge in [0.15, 0.2) is 0 Å². The molecule has 2 aliphatic heterocycles. The molecule has 28 heavy (non-hydrogen) atoms. The second-order valence-corrected chi connectivity index (χ2v) is 6.66. The minimum Gasteiger partial charge on any atom is -0.497 e. The molecule has 2 aromatic rings. The predicted octanol–water partition coefficient (Wildman–Crippen LogP) is 2.84. The summed E-state index contributed by atoms with van der Waals surface area (Å²) in [6.45, 7) is 4.75. The van der Waals surface area contributed by atoms with Gasteiger partial charge in [-0.1, -0.05) is 18.2 Å². The molecule has 0 saturated carbocycles. The van der Waals surface area contributed by atoms with Gasteiger partial charge in [0.05, 0.1) is 43.8 Å². The van der Waals surface area contributed by atoms with E-state index >= 15 is 0 Å². The summed E-state index contributed by atoms with van der Waals surface area (Å²) in [4.78, 5) is 29.3. The Morgan fingerprint density at radius 2 is 2.18 bits per heavy atom. The van der Waals surface area contributed by atoms with Crippen molar-refractivity contribution in [2.75, 3.05) is 20.2 Å². The molecule has 0 fully saturated rings. The Morgan fingerprint density at radius 1 is 1.32 bits per heavy atom. The van der Waals surface area contributed by atoms with Crippen molar-refractivity contribution in [3.63, 3.8) is 0 Å². The van der Waals surface area contributed by atoms with Crippen LogP contribution in [0.3, 0.4) is 0 Å². The number of hydrogen-bond donors (Lipinski definition) is 1. The Morgan fingerprint density at radius 3 is 2.89 bits per heavy atom. The van der Waals surface area contributed by atoms with Crippen LogP contribution in [0.15, 0.2) is 71.0 Å². The summed E-state index contributed by atoms with van der Waals surface area (Å²) in [5, 5.41) is 2.95. The van der Waals surface area contributed by atoms with Crippen LogP contribution in [0.25, 0.3) is 0 Å². The quantitative estimate of drug-likeness (QED) is 0.783. The molecule has 4 rings (SSSR count). The smallest absolute Gasteiger partial charge is 0.322 e. The summed E-state index contributed by atoms with van der Waals surface area (Å²) < 4.78 is 10.7. The molecule has 0 spiro atoms. The number of nitrogens with one attached hydrogen (secondary N) is 1. The van der Waals surface area contributed by atoms with Gasteiger partial charge in [0.25, 0.3) is 5.91 Å². The number of carbonyl (C=O) groups excluding carboxylic acids is 2. The number of rotatable bonds is 6. The molecule has 3 heterocycles. The second kappa shape index (κ2) is 7.26.